The first-order chi connectivity index (χ1) is 5.34. The second-order valence-electron chi connectivity index (χ2n) is 3.15. The summed E-state index contributed by atoms with van der Waals surface area (Å²) in [5.74, 6) is 0.324. The Morgan fingerprint density at radius 3 is 2.18 bits per heavy atom. The van der Waals surface area contributed by atoms with Gasteiger partial charge in [0.2, 0.25) is 0 Å². The van der Waals surface area contributed by atoms with E-state index in [1.54, 1.807) is 0 Å². The zero-order valence-electron chi connectivity index (χ0n) is 6.84. The Labute approximate surface area is 84.3 Å². The molecule has 11 heavy (non-hydrogen) atoms. The van der Waals surface area contributed by atoms with Gasteiger partial charge in [0.05, 0.1) is 0 Å². The molecule has 0 unspecified atom stereocenters. The summed E-state index contributed by atoms with van der Waals surface area (Å²) < 4.78 is 4.90. The summed E-state index contributed by atoms with van der Waals surface area (Å²) in [5, 5.41) is 0. The van der Waals surface area contributed by atoms with Crippen LogP contribution in [0, 0.1) is 5.92 Å². The van der Waals surface area contributed by atoms with Gasteiger partial charge < -0.3 is 0 Å². The number of carbonyl (C=O) groups is 1. The number of rotatable bonds is 1. The second kappa shape index (κ2) is 5.12. The molecule has 0 bridgehead atoms. The van der Waals surface area contributed by atoms with E-state index in [0.29, 0.717) is 0 Å². The van der Waals surface area contributed by atoms with E-state index in [1.165, 1.54) is 25.7 Å². The summed E-state index contributed by atoms with van der Waals surface area (Å²) in [7, 11) is 0. The van der Waals surface area contributed by atoms with E-state index in [2.05, 4.69) is 0 Å². The number of hydrogen-bond acceptors (Lipinski definition) is 2. The summed E-state index contributed by atoms with van der Waals surface area (Å²) in [5.41, 5.74) is 0. The summed E-state index contributed by atoms with van der Waals surface area (Å²) in [4.78, 5) is 11.1. The fourth-order valence-corrected chi connectivity index (χ4v) is 2.55. The van der Waals surface area contributed by atoms with Gasteiger partial charge in [0.15, 0.2) is 0 Å². The predicted octanol–water partition coefficient (Wildman–Crippen LogP) is 1.96. The molecule has 0 heterocycles. The molecule has 0 N–H and O–H groups in total. The van der Waals surface area contributed by atoms with Crippen LogP contribution in [0.3, 0.4) is 0 Å². The molecule has 2 nitrogen and oxygen atoms in total. The topological polar surface area (TPSA) is 26.3 Å². The Kier molecular flexibility index (Phi) is 4.42. The number of hydrogen-bond donors (Lipinski definition) is 0. The Morgan fingerprint density at radius 1 is 1.18 bits per heavy atom. The average molecular weight is 342 g/mol. The van der Waals surface area contributed by atoms with E-state index in [1.807, 2.05) is 0 Å². The van der Waals surface area contributed by atoms with Gasteiger partial charge in [-0.1, -0.05) is 0 Å². The van der Waals surface area contributed by atoms with Crippen molar-refractivity contribution in [3.05, 3.63) is 0 Å². The van der Waals surface area contributed by atoms with Gasteiger partial charge in [-0.05, 0) is 0 Å². The van der Waals surface area contributed by atoms with Crippen LogP contribution in [-0.4, -0.2) is 5.97 Å². The number of carbonyl (C=O) groups excluding carboxylic acids is 1. The molecular formula is C8H13HgO2. The van der Waals surface area contributed by atoms with Crippen LogP contribution in [0.1, 0.15) is 38.5 Å². The molecule has 0 aromatic rings. The first-order valence-electron chi connectivity index (χ1n) is 4.30. The van der Waals surface area contributed by atoms with Crippen molar-refractivity contribution in [3.63, 3.8) is 0 Å². The van der Waals surface area contributed by atoms with Gasteiger partial charge in [-0.15, -0.1) is 0 Å². The molecule has 0 saturated heterocycles. The SMILES string of the molecule is O=C([O][Hg])C1CCCCCC1. The van der Waals surface area contributed by atoms with Crippen molar-refractivity contribution in [3.8, 4) is 0 Å². The summed E-state index contributed by atoms with van der Waals surface area (Å²) in [6.07, 6.45) is 7.16. The molecule has 1 rings (SSSR count). The summed E-state index contributed by atoms with van der Waals surface area (Å²) in [6.45, 7) is 0. The Bertz CT molecular complexity index is 128. The van der Waals surface area contributed by atoms with Gasteiger partial charge in [-0.25, -0.2) is 0 Å². The van der Waals surface area contributed by atoms with Crippen LogP contribution < -0.4 is 0 Å². The molecule has 1 aliphatic carbocycles. The van der Waals surface area contributed by atoms with E-state index in [-0.39, 0.29) is 38.5 Å². The Balaban J connectivity index is 2.36. The summed E-state index contributed by atoms with van der Waals surface area (Å²) in [6, 6.07) is 0. The van der Waals surface area contributed by atoms with Crippen molar-refractivity contribution in [2.45, 2.75) is 38.5 Å². The molecule has 0 amide bonds. The molecule has 0 atom stereocenters. The van der Waals surface area contributed by atoms with Crippen LogP contribution in [0.5, 0.6) is 0 Å². The normalized spacial score (nSPS) is 20.9. The van der Waals surface area contributed by atoms with Crippen LogP contribution in [0.25, 0.3) is 0 Å². The zero-order chi connectivity index (χ0) is 8.10. The predicted molar refractivity (Wildman–Crippen MR) is 37.3 cm³/mol. The Morgan fingerprint density at radius 2 is 1.73 bits per heavy atom. The molecule has 1 aliphatic rings. The minimum atomic E-state index is 0.0789. The van der Waals surface area contributed by atoms with E-state index in [0.717, 1.165) is 12.8 Å². The van der Waals surface area contributed by atoms with E-state index >= 15 is 0 Å². The first kappa shape index (κ1) is 9.49. The van der Waals surface area contributed by atoms with E-state index in [9.17, 15) is 4.79 Å². The van der Waals surface area contributed by atoms with Gasteiger partial charge >= 0.3 is 84.4 Å². The van der Waals surface area contributed by atoms with Crippen molar-refractivity contribution in [2.24, 2.45) is 5.92 Å². The third-order valence-electron chi connectivity index (χ3n) is 2.33. The van der Waals surface area contributed by atoms with Gasteiger partial charge in [0.25, 0.3) is 0 Å². The maximum absolute atomic E-state index is 11.1. The fraction of sp³-hybridized carbons (Fsp3) is 0.875. The minimum absolute atomic E-state index is 0.0789. The quantitative estimate of drug-likeness (QED) is 0.538. The molecule has 0 aromatic heterocycles. The fourth-order valence-electron chi connectivity index (χ4n) is 1.63. The molecule has 0 aliphatic heterocycles. The van der Waals surface area contributed by atoms with Gasteiger partial charge in [0, 0.05) is 0 Å². The summed E-state index contributed by atoms with van der Waals surface area (Å²) >= 11 is 0.186. The molecule has 1 saturated carbocycles. The van der Waals surface area contributed by atoms with Gasteiger partial charge in [0.1, 0.15) is 0 Å². The van der Waals surface area contributed by atoms with Crippen molar-refractivity contribution >= 4 is 5.97 Å². The zero-order valence-corrected chi connectivity index (χ0v) is 12.3. The molecule has 0 aromatic carbocycles. The standard InChI is InChI=1S/C8H14O2.Hg/c9-8(10)7-5-3-1-2-4-6-7;/h7H,1-6H2,(H,9,10);/q;+1/p-1. The molecule has 3 heteroatoms. The second-order valence-corrected chi connectivity index (χ2v) is 4.27. The van der Waals surface area contributed by atoms with Crippen LogP contribution >= 0.6 is 0 Å². The third kappa shape index (κ3) is 3.10. The van der Waals surface area contributed by atoms with Crippen molar-refractivity contribution in [1.82, 2.24) is 0 Å². The Hall–Kier alpha value is 0.405. The molecule has 59 valence electrons. The van der Waals surface area contributed by atoms with Crippen LogP contribution in [0.4, 0.5) is 0 Å². The van der Waals surface area contributed by atoms with Gasteiger partial charge in [-0.3, -0.25) is 0 Å². The first-order valence-corrected chi connectivity index (χ1v) is 6.55. The average Bonchev–Trinajstić information content (AvgIpc) is 2.30. The third-order valence-corrected chi connectivity index (χ3v) is 3.44. The van der Waals surface area contributed by atoms with Crippen LogP contribution in [-0.2, 0) is 34.0 Å². The molecule has 0 spiro atoms. The molecular weight excluding hydrogens is 329 g/mol. The van der Waals surface area contributed by atoms with Crippen molar-refractivity contribution in [1.29, 1.82) is 0 Å². The maximum atomic E-state index is 11.1. The van der Waals surface area contributed by atoms with Gasteiger partial charge in [-0.2, -0.15) is 0 Å². The monoisotopic (exact) mass is 343 g/mol. The van der Waals surface area contributed by atoms with Crippen LogP contribution in [0.2, 0.25) is 0 Å². The van der Waals surface area contributed by atoms with Crippen molar-refractivity contribution < 1.29 is 34.0 Å². The van der Waals surface area contributed by atoms with Crippen LogP contribution in [0.15, 0.2) is 0 Å². The van der Waals surface area contributed by atoms with E-state index in [4.69, 9.17) is 2.64 Å². The van der Waals surface area contributed by atoms with E-state index < -0.39 is 0 Å². The molecule has 1 fully saturated rings. The van der Waals surface area contributed by atoms with Crippen molar-refractivity contribution in [2.75, 3.05) is 0 Å². The molecule has 0 radical (unpaired) electrons.